The SMILES string of the molecule is NC(=S)CCCCCBr. The van der Waals surface area contributed by atoms with Gasteiger partial charge in [-0.25, -0.2) is 0 Å². The maximum absolute atomic E-state index is 5.29. The van der Waals surface area contributed by atoms with Crippen molar-refractivity contribution in [2.75, 3.05) is 5.33 Å². The predicted molar refractivity (Wildman–Crippen MR) is 49.0 cm³/mol. The molecule has 0 aliphatic heterocycles. The second kappa shape index (κ2) is 6.49. The molecule has 0 heterocycles. The normalized spacial score (nSPS) is 9.44. The summed E-state index contributed by atoms with van der Waals surface area (Å²) in [5.74, 6) is 0. The fourth-order valence-electron chi connectivity index (χ4n) is 0.570. The van der Waals surface area contributed by atoms with Crippen LogP contribution in [0.3, 0.4) is 0 Å². The lowest BCUT2D eigenvalue weighted by Crippen LogP contribution is -2.06. The number of thiocarbonyl (C=S) groups is 1. The van der Waals surface area contributed by atoms with Gasteiger partial charge in [0.05, 0.1) is 4.99 Å². The van der Waals surface area contributed by atoms with Crippen molar-refractivity contribution in [3.63, 3.8) is 0 Å². The molecule has 0 fully saturated rings. The van der Waals surface area contributed by atoms with Crippen LogP contribution < -0.4 is 5.73 Å². The zero-order valence-corrected chi connectivity index (χ0v) is 7.80. The summed E-state index contributed by atoms with van der Waals surface area (Å²) in [7, 11) is 0. The van der Waals surface area contributed by atoms with E-state index < -0.39 is 0 Å². The molecule has 0 aliphatic carbocycles. The van der Waals surface area contributed by atoms with Gasteiger partial charge in [-0.15, -0.1) is 0 Å². The molecule has 3 heteroatoms. The topological polar surface area (TPSA) is 26.0 Å². The molecule has 1 nitrogen and oxygen atoms in total. The van der Waals surface area contributed by atoms with E-state index in [1.54, 1.807) is 0 Å². The van der Waals surface area contributed by atoms with Crippen LogP contribution in [0.25, 0.3) is 0 Å². The van der Waals surface area contributed by atoms with Crippen molar-refractivity contribution in [2.45, 2.75) is 25.7 Å². The van der Waals surface area contributed by atoms with Crippen molar-refractivity contribution in [3.05, 3.63) is 0 Å². The average molecular weight is 210 g/mol. The Bertz CT molecular complexity index is 85.1. The summed E-state index contributed by atoms with van der Waals surface area (Å²) >= 11 is 8.06. The number of halogens is 1. The molecule has 0 rings (SSSR count). The lowest BCUT2D eigenvalue weighted by atomic mass is 10.2. The monoisotopic (exact) mass is 209 g/mol. The maximum Gasteiger partial charge on any atom is 0.0727 e. The zero-order valence-electron chi connectivity index (χ0n) is 5.40. The first-order valence-electron chi connectivity index (χ1n) is 3.11. The van der Waals surface area contributed by atoms with Crippen LogP contribution in [0.1, 0.15) is 25.7 Å². The van der Waals surface area contributed by atoms with Gasteiger partial charge < -0.3 is 5.73 Å². The molecule has 0 saturated carbocycles. The lowest BCUT2D eigenvalue weighted by molar-refractivity contribution is 0.751. The van der Waals surface area contributed by atoms with Gasteiger partial charge in [-0.1, -0.05) is 34.6 Å². The highest BCUT2D eigenvalue weighted by molar-refractivity contribution is 9.09. The Balaban J connectivity index is 2.83. The third kappa shape index (κ3) is 8.37. The van der Waals surface area contributed by atoms with Gasteiger partial charge in [0.2, 0.25) is 0 Å². The summed E-state index contributed by atoms with van der Waals surface area (Å²) in [5.41, 5.74) is 5.29. The van der Waals surface area contributed by atoms with Crippen molar-refractivity contribution in [3.8, 4) is 0 Å². The first-order valence-corrected chi connectivity index (χ1v) is 4.64. The number of alkyl halides is 1. The Labute approximate surface area is 70.1 Å². The van der Waals surface area contributed by atoms with E-state index in [0.29, 0.717) is 4.99 Å². The Kier molecular flexibility index (Phi) is 6.76. The maximum atomic E-state index is 5.29. The molecule has 2 N–H and O–H groups in total. The van der Waals surface area contributed by atoms with Crippen molar-refractivity contribution in [1.82, 2.24) is 0 Å². The minimum Gasteiger partial charge on any atom is -0.393 e. The highest BCUT2D eigenvalue weighted by atomic mass is 79.9. The Morgan fingerprint density at radius 2 is 2.00 bits per heavy atom. The van der Waals surface area contributed by atoms with Crippen molar-refractivity contribution < 1.29 is 0 Å². The van der Waals surface area contributed by atoms with Gasteiger partial charge in [0, 0.05) is 5.33 Å². The van der Waals surface area contributed by atoms with Gasteiger partial charge in [0.1, 0.15) is 0 Å². The molecule has 0 bridgehead atoms. The number of hydrogen-bond donors (Lipinski definition) is 1. The van der Waals surface area contributed by atoms with Crippen LogP contribution in [-0.2, 0) is 0 Å². The van der Waals surface area contributed by atoms with E-state index in [2.05, 4.69) is 15.9 Å². The minimum atomic E-state index is 0.643. The summed E-state index contributed by atoms with van der Waals surface area (Å²) in [5, 5.41) is 1.09. The Morgan fingerprint density at radius 1 is 1.33 bits per heavy atom. The van der Waals surface area contributed by atoms with Gasteiger partial charge >= 0.3 is 0 Å². The van der Waals surface area contributed by atoms with Crippen LogP contribution in [0, 0.1) is 0 Å². The first-order chi connectivity index (χ1) is 4.27. The van der Waals surface area contributed by atoms with Crippen LogP contribution in [0.15, 0.2) is 0 Å². The second-order valence-corrected chi connectivity index (χ2v) is 3.28. The number of unbranched alkanes of at least 4 members (excludes halogenated alkanes) is 2. The van der Waals surface area contributed by atoms with E-state index >= 15 is 0 Å². The van der Waals surface area contributed by atoms with Crippen LogP contribution in [0.4, 0.5) is 0 Å². The molecule has 0 amide bonds. The number of nitrogens with two attached hydrogens (primary N) is 1. The van der Waals surface area contributed by atoms with Gasteiger partial charge in [-0.2, -0.15) is 0 Å². The molecule has 0 saturated heterocycles. The summed E-state index contributed by atoms with van der Waals surface area (Å²) in [6.45, 7) is 0. The summed E-state index contributed by atoms with van der Waals surface area (Å²) < 4.78 is 0. The summed E-state index contributed by atoms with van der Waals surface area (Å²) in [6.07, 6.45) is 4.49. The molecule has 0 aromatic carbocycles. The zero-order chi connectivity index (χ0) is 7.11. The second-order valence-electron chi connectivity index (χ2n) is 1.97. The van der Waals surface area contributed by atoms with Crippen molar-refractivity contribution in [2.24, 2.45) is 5.73 Å². The highest BCUT2D eigenvalue weighted by Crippen LogP contribution is 2.01. The molecule has 9 heavy (non-hydrogen) atoms. The fraction of sp³-hybridized carbons (Fsp3) is 0.833. The fourth-order valence-corrected chi connectivity index (χ4v) is 1.11. The van der Waals surface area contributed by atoms with E-state index in [9.17, 15) is 0 Å². The molecule has 0 radical (unpaired) electrons. The van der Waals surface area contributed by atoms with E-state index in [1.165, 1.54) is 12.8 Å². The van der Waals surface area contributed by atoms with E-state index in [-0.39, 0.29) is 0 Å². The van der Waals surface area contributed by atoms with Crippen LogP contribution in [0.2, 0.25) is 0 Å². The van der Waals surface area contributed by atoms with Gasteiger partial charge in [-0.3, -0.25) is 0 Å². The standard InChI is InChI=1S/C6H12BrNS/c7-5-3-1-2-4-6(8)9/h1-5H2,(H2,8,9). The van der Waals surface area contributed by atoms with Crippen LogP contribution in [0.5, 0.6) is 0 Å². The van der Waals surface area contributed by atoms with Gasteiger partial charge in [0.15, 0.2) is 0 Å². The van der Waals surface area contributed by atoms with Crippen LogP contribution in [-0.4, -0.2) is 10.3 Å². The van der Waals surface area contributed by atoms with E-state index in [1.807, 2.05) is 0 Å². The Morgan fingerprint density at radius 3 is 2.44 bits per heavy atom. The molecule has 54 valence electrons. The first kappa shape index (κ1) is 9.37. The minimum absolute atomic E-state index is 0.643. The van der Waals surface area contributed by atoms with Gasteiger partial charge in [0.25, 0.3) is 0 Å². The van der Waals surface area contributed by atoms with E-state index in [4.69, 9.17) is 18.0 Å². The largest absolute Gasteiger partial charge is 0.393 e. The molecule has 0 aromatic heterocycles. The van der Waals surface area contributed by atoms with E-state index in [0.717, 1.165) is 18.2 Å². The van der Waals surface area contributed by atoms with Crippen molar-refractivity contribution >= 4 is 33.1 Å². The average Bonchev–Trinajstić information content (AvgIpc) is 1.80. The summed E-state index contributed by atoms with van der Waals surface area (Å²) in [4.78, 5) is 0.643. The van der Waals surface area contributed by atoms with Crippen molar-refractivity contribution in [1.29, 1.82) is 0 Å². The number of rotatable bonds is 5. The predicted octanol–water partition coefficient (Wildman–Crippen LogP) is 2.23. The summed E-state index contributed by atoms with van der Waals surface area (Å²) in [6, 6.07) is 0. The molecule has 0 spiro atoms. The molecular formula is C6H12BrNS. The third-order valence-electron chi connectivity index (χ3n) is 1.06. The molecular weight excluding hydrogens is 198 g/mol. The molecule has 0 aromatic rings. The molecule has 0 aliphatic rings. The number of hydrogen-bond acceptors (Lipinski definition) is 1. The quantitative estimate of drug-likeness (QED) is 0.427. The lowest BCUT2D eigenvalue weighted by Gasteiger charge is -1.95. The highest BCUT2D eigenvalue weighted by Gasteiger charge is 1.89. The molecule has 0 unspecified atom stereocenters. The van der Waals surface area contributed by atoms with Crippen LogP contribution >= 0.6 is 28.1 Å². The molecule has 0 atom stereocenters. The van der Waals surface area contributed by atoms with Gasteiger partial charge in [-0.05, 0) is 19.3 Å². The smallest absolute Gasteiger partial charge is 0.0727 e. The Hall–Kier alpha value is 0.370. The third-order valence-corrected chi connectivity index (χ3v) is 1.82.